The van der Waals surface area contributed by atoms with Gasteiger partial charge >= 0.3 is 0 Å². The Balaban J connectivity index is 1.31. The third-order valence-electron chi connectivity index (χ3n) is 6.16. The molecule has 6 nitrogen and oxygen atoms in total. The zero-order chi connectivity index (χ0) is 19.5. The fraction of sp³-hybridized carbons (Fsp3) is 0.524. The number of fused-ring (bicyclic) bond motifs is 5. The van der Waals surface area contributed by atoms with Gasteiger partial charge in [-0.2, -0.15) is 0 Å². The number of hydrogen-bond donors (Lipinski definition) is 1. The first kappa shape index (κ1) is 17.9. The summed E-state index contributed by atoms with van der Waals surface area (Å²) in [5.74, 6) is 0.553. The number of nitrogens with zero attached hydrogens (tertiary/aromatic N) is 4. The van der Waals surface area contributed by atoms with Crippen LogP contribution in [0, 0.1) is 10.8 Å². The zero-order valence-electron chi connectivity index (χ0n) is 16.5. The predicted octanol–water partition coefficient (Wildman–Crippen LogP) is 4.03. The van der Waals surface area contributed by atoms with Crippen LogP contribution in [0.15, 0.2) is 29.4 Å². The van der Waals surface area contributed by atoms with Gasteiger partial charge in [0.25, 0.3) is 0 Å². The van der Waals surface area contributed by atoms with Crippen LogP contribution >= 0.6 is 11.8 Å². The zero-order valence-corrected chi connectivity index (χ0v) is 17.3. The van der Waals surface area contributed by atoms with Crippen LogP contribution < -0.4 is 0 Å². The van der Waals surface area contributed by atoms with E-state index in [1.807, 2.05) is 24.3 Å². The van der Waals surface area contributed by atoms with Crippen LogP contribution in [0.25, 0.3) is 22.1 Å². The normalized spacial score (nSPS) is 26.2. The van der Waals surface area contributed by atoms with Crippen molar-refractivity contribution in [3.8, 4) is 0 Å². The lowest BCUT2D eigenvalue weighted by Gasteiger charge is -2.39. The second-order valence-electron chi connectivity index (χ2n) is 9.49. The van der Waals surface area contributed by atoms with Crippen molar-refractivity contribution in [2.24, 2.45) is 10.8 Å². The van der Waals surface area contributed by atoms with E-state index in [0.29, 0.717) is 22.4 Å². The molecule has 3 heterocycles. The Bertz CT molecular complexity index is 1080. The number of hydrogen-bond acceptors (Lipinski definition) is 5. The van der Waals surface area contributed by atoms with E-state index in [9.17, 15) is 4.79 Å². The summed E-state index contributed by atoms with van der Waals surface area (Å²) in [5, 5.41) is 10.1. The topological polar surface area (TPSA) is 74.8 Å². The van der Waals surface area contributed by atoms with Gasteiger partial charge in [-0.3, -0.25) is 4.79 Å². The van der Waals surface area contributed by atoms with Gasteiger partial charge in [-0.1, -0.05) is 50.7 Å². The molecule has 0 radical (unpaired) electrons. The Morgan fingerprint density at radius 2 is 2.07 bits per heavy atom. The molecule has 2 fully saturated rings. The molecule has 0 unspecified atom stereocenters. The number of amides is 1. The number of carbonyl (C=O) groups excluding carboxylic acids is 1. The number of benzene rings is 1. The maximum Gasteiger partial charge on any atom is 0.233 e. The van der Waals surface area contributed by atoms with Crippen molar-refractivity contribution in [3.63, 3.8) is 0 Å². The van der Waals surface area contributed by atoms with Crippen molar-refractivity contribution in [1.29, 1.82) is 0 Å². The molecule has 2 aromatic heterocycles. The lowest BCUT2D eigenvalue weighted by atomic mass is 9.65. The van der Waals surface area contributed by atoms with Gasteiger partial charge in [0.05, 0.1) is 5.75 Å². The molecule has 1 saturated carbocycles. The first-order chi connectivity index (χ1) is 13.3. The van der Waals surface area contributed by atoms with Crippen LogP contribution in [0.5, 0.6) is 0 Å². The molecule has 28 heavy (non-hydrogen) atoms. The van der Waals surface area contributed by atoms with Crippen LogP contribution in [-0.4, -0.2) is 49.3 Å². The number of aromatic nitrogens is 4. The largest absolute Gasteiger partial charge is 0.338 e. The second kappa shape index (κ2) is 6.17. The summed E-state index contributed by atoms with van der Waals surface area (Å²) in [5.41, 5.74) is 3.06. The van der Waals surface area contributed by atoms with Crippen molar-refractivity contribution in [1.82, 2.24) is 25.1 Å². The van der Waals surface area contributed by atoms with Gasteiger partial charge in [-0.05, 0) is 36.2 Å². The number of likely N-dealkylation sites (tertiary alicyclic amines) is 1. The number of aromatic amines is 1. The van der Waals surface area contributed by atoms with Gasteiger partial charge in [-0.15, -0.1) is 10.2 Å². The minimum absolute atomic E-state index is 0.191. The molecule has 146 valence electrons. The average Bonchev–Trinajstić information content (AvgIpc) is 3.12. The molecule has 1 aliphatic carbocycles. The maximum atomic E-state index is 12.9. The van der Waals surface area contributed by atoms with Crippen LogP contribution in [0.1, 0.15) is 40.0 Å². The average molecular weight is 396 g/mol. The van der Waals surface area contributed by atoms with E-state index in [4.69, 9.17) is 0 Å². The first-order valence-electron chi connectivity index (χ1n) is 9.85. The maximum absolute atomic E-state index is 12.9. The van der Waals surface area contributed by atoms with E-state index in [-0.39, 0.29) is 11.3 Å². The lowest BCUT2D eigenvalue weighted by molar-refractivity contribution is -0.129. The standard InChI is InChI=1S/C21H25N5OS/c1-20(2)8-13-9-21(3,11-20)12-26(13)16(27)10-28-19-23-18-17(24-25-19)14-6-4-5-7-15(14)22-18/h4-7,13H,8-12H2,1-3H3,(H,22,23,25)/t13-,21-/m0/s1. The molecule has 1 N–H and O–H groups in total. The molecular formula is C21H25N5OS. The van der Waals surface area contributed by atoms with Crippen molar-refractivity contribution in [2.45, 2.75) is 51.2 Å². The Morgan fingerprint density at radius 1 is 1.25 bits per heavy atom. The molecule has 0 spiro atoms. The summed E-state index contributed by atoms with van der Waals surface area (Å²) in [4.78, 5) is 22.9. The molecule has 1 aliphatic heterocycles. The summed E-state index contributed by atoms with van der Waals surface area (Å²) in [7, 11) is 0. The summed E-state index contributed by atoms with van der Waals surface area (Å²) < 4.78 is 0. The van der Waals surface area contributed by atoms with E-state index in [1.54, 1.807) is 0 Å². The highest BCUT2D eigenvalue weighted by atomic mass is 32.2. The van der Waals surface area contributed by atoms with E-state index >= 15 is 0 Å². The molecule has 1 saturated heterocycles. The number of nitrogens with one attached hydrogen (secondary N) is 1. The lowest BCUT2D eigenvalue weighted by Crippen LogP contribution is -2.38. The summed E-state index contributed by atoms with van der Waals surface area (Å²) >= 11 is 1.38. The number of H-pyrrole nitrogens is 1. The van der Waals surface area contributed by atoms with E-state index in [2.05, 4.69) is 45.8 Å². The summed E-state index contributed by atoms with van der Waals surface area (Å²) in [6.07, 6.45) is 3.42. The van der Waals surface area contributed by atoms with Crippen LogP contribution in [0.2, 0.25) is 0 Å². The molecule has 7 heteroatoms. The Labute approximate surface area is 168 Å². The summed E-state index contributed by atoms with van der Waals surface area (Å²) in [6.45, 7) is 7.86. The minimum atomic E-state index is 0.191. The molecule has 3 aromatic rings. The fourth-order valence-corrected chi connectivity index (χ4v) is 6.20. The minimum Gasteiger partial charge on any atom is -0.338 e. The highest BCUT2D eigenvalue weighted by Crippen LogP contribution is 2.52. The SMILES string of the molecule is CC1(C)C[C@H]2C[C@](C)(CN2C(=O)CSc2nnc3c(n2)[nH]c2ccccc23)C1. The first-order valence-corrected chi connectivity index (χ1v) is 10.8. The van der Waals surface area contributed by atoms with Crippen molar-refractivity contribution < 1.29 is 4.79 Å². The Kier molecular flexibility index (Phi) is 3.95. The van der Waals surface area contributed by atoms with Gasteiger partial charge in [0, 0.05) is 23.5 Å². The van der Waals surface area contributed by atoms with E-state index < -0.39 is 0 Å². The smallest absolute Gasteiger partial charge is 0.233 e. The van der Waals surface area contributed by atoms with E-state index in [1.165, 1.54) is 18.2 Å². The molecule has 2 aliphatic rings. The number of thioether (sulfide) groups is 1. The van der Waals surface area contributed by atoms with Gasteiger partial charge in [0.15, 0.2) is 5.65 Å². The molecule has 5 rings (SSSR count). The van der Waals surface area contributed by atoms with E-state index in [0.717, 1.165) is 41.5 Å². The number of rotatable bonds is 3. The number of para-hydroxylation sites is 1. The molecular weight excluding hydrogens is 370 g/mol. The van der Waals surface area contributed by atoms with Crippen molar-refractivity contribution in [2.75, 3.05) is 12.3 Å². The monoisotopic (exact) mass is 395 g/mol. The van der Waals surface area contributed by atoms with Crippen LogP contribution in [0.4, 0.5) is 0 Å². The molecule has 2 bridgehead atoms. The highest BCUT2D eigenvalue weighted by Gasteiger charge is 2.50. The van der Waals surface area contributed by atoms with Gasteiger partial charge < -0.3 is 9.88 Å². The second-order valence-corrected chi connectivity index (χ2v) is 10.4. The van der Waals surface area contributed by atoms with Crippen LogP contribution in [-0.2, 0) is 4.79 Å². The van der Waals surface area contributed by atoms with Crippen molar-refractivity contribution >= 4 is 39.7 Å². The quantitative estimate of drug-likeness (QED) is 0.678. The third-order valence-corrected chi connectivity index (χ3v) is 6.98. The molecule has 2 atom stereocenters. The molecule has 1 amide bonds. The number of carbonyl (C=O) groups is 1. The third kappa shape index (κ3) is 3.05. The highest BCUT2D eigenvalue weighted by molar-refractivity contribution is 7.99. The summed E-state index contributed by atoms with van der Waals surface area (Å²) in [6, 6.07) is 8.34. The van der Waals surface area contributed by atoms with Gasteiger partial charge in [0.2, 0.25) is 11.1 Å². The fourth-order valence-electron chi connectivity index (χ4n) is 5.53. The Morgan fingerprint density at radius 3 is 2.93 bits per heavy atom. The van der Waals surface area contributed by atoms with Gasteiger partial charge in [0.1, 0.15) is 5.52 Å². The van der Waals surface area contributed by atoms with Gasteiger partial charge in [-0.25, -0.2) is 4.98 Å². The van der Waals surface area contributed by atoms with Crippen molar-refractivity contribution in [3.05, 3.63) is 24.3 Å². The molecule has 1 aromatic carbocycles. The Hall–Kier alpha value is -2.15. The van der Waals surface area contributed by atoms with Crippen LogP contribution in [0.3, 0.4) is 0 Å². The predicted molar refractivity (Wildman–Crippen MR) is 111 cm³/mol.